The highest BCUT2D eigenvalue weighted by Gasteiger charge is 2.15. The monoisotopic (exact) mass is 299 g/mol. The number of nitrogens with one attached hydrogen (secondary N) is 2. The van der Waals surface area contributed by atoms with Gasteiger partial charge in [-0.3, -0.25) is 0 Å². The van der Waals surface area contributed by atoms with Crippen LogP contribution in [0.2, 0.25) is 0 Å². The summed E-state index contributed by atoms with van der Waals surface area (Å²) in [5, 5.41) is 14.6. The van der Waals surface area contributed by atoms with Crippen LogP contribution in [-0.2, 0) is 4.74 Å². The van der Waals surface area contributed by atoms with Gasteiger partial charge >= 0.3 is 0 Å². The first-order chi connectivity index (χ1) is 10.8. The SMILES string of the molecule is CC(Nc1nncc(NCC2CCCO2)n1)c1ccccc1. The maximum Gasteiger partial charge on any atom is 0.245 e. The van der Waals surface area contributed by atoms with E-state index in [-0.39, 0.29) is 12.1 Å². The number of anilines is 2. The van der Waals surface area contributed by atoms with E-state index in [1.54, 1.807) is 6.20 Å². The first kappa shape index (κ1) is 14.7. The molecular formula is C16H21N5O. The van der Waals surface area contributed by atoms with Gasteiger partial charge in [-0.1, -0.05) is 30.3 Å². The predicted octanol–water partition coefficient (Wildman–Crippen LogP) is 2.64. The van der Waals surface area contributed by atoms with Gasteiger partial charge in [-0.2, -0.15) is 10.1 Å². The van der Waals surface area contributed by atoms with Gasteiger partial charge in [0, 0.05) is 13.2 Å². The molecule has 1 aliphatic rings. The van der Waals surface area contributed by atoms with Crippen LogP contribution in [0, 0.1) is 0 Å². The molecule has 1 fully saturated rings. The normalized spacial score (nSPS) is 18.9. The van der Waals surface area contributed by atoms with Crippen LogP contribution in [0.15, 0.2) is 36.5 Å². The average Bonchev–Trinajstić information content (AvgIpc) is 3.08. The van der Waals surface area contributed by atoms with E-state index in [0.717, 1.165) is 26.0 Å². The van der Waals surface area contributed by atoms with Crippen LogP contribution in [0.1, 0.15) is 31.4 Å². The van der Waals surface area contributed by atoms with Crippen molar-refractivity contribution in [1.82, 2.24) is 15.2 Å². The van der Waals surface area contributed by atoms with Crippen LogP contribution >= 0.6 is 0 Å². The van der Waals surface area contributed by atoms with Gasteiger partial charge in [-0.15, -0.1) is 5.10 Å². The van der Waals surface area contributed by atoms with Crippen molar-refractivity contribution in [3.05, 3.63) is 42.1 Å². The standard InChI is InChI=1S/C16H21N5O/c1-12(13-6-3-2-4-7-13)19-16-20-15(11-18-21-16)17-10-14-8-5-9-22-14/h2-4,6-7,11-12,14H,5,8-10H2,1H3,(H2,17,19,20,21). The van der Waals surface area contributed by atoms with E-state index < -0.39 is 0 Å². The van der Waals surface area contributed by atoms with Crippen molar-refractivity contribution in [2.24, 2.45) is 0 Å². The second-order valence-electron chi connectivity index (χ2n) is 5.46. The molecule has 2 heterocycles. The van der Waals surface area contributed by atoms with Crippen molar-refractivity contribution in [2.45, 2.75) is 31.9 Å². The molecule has 1 aromatic carbocycles. The van der Waals surface area contributed by atoms with Crippen LogP contribution in [0.25, 0.3) is 0 Å². The molecule has 3 rings (SSSR count). The number of hydrogen-bond donors (Lipinski definition) is 2. The molecule has 0 aliphatic carbocycles. The summed E-state index contributed by atoms with van der Waals surface area (Å²) in [7, 11) is 0. The number of benzene rings is 1. The van der Waals surface area contributed by atoms with E-state index in [2.05, 4.69) is 44.9 Å². The molecular weight excluding hydrogens is 278 g/mol. The van der Waals surface area contributed by atoms with E-state index in [9.17, 15) is 0 Å². The van der Waals surface area contributed by atoms with Crippen molar-refractivity contribution in [3.63, 3.8) is 0 Å². The molecule has 0 saturated carbocycles. The Morgan fingerprint density at radius 2 is 2.18 bits per heavy atom. The first-order valence-electron chi connectivity index (χ1n) is 7.68. The average molecular weight is 299 g/mol. The summed E-state index contributed by atoms with van der Waals surface area (Å²) in [6.07, 6.45) is 4.14. The third kappa shape index (κ3) is 3.92. The summed E-state index contributed by atoms with van der Waals surface area (Å²) in [6.45, 7) is 3.69. The van der Waals surface area contributed by atoms with Crippen LogP contribution in [0.3, 0.4) is 0 Å². The molecule has 1 aromatic heterocycles. The lowest BCUT2D eigenvalue weighted by Gasteiger charge is -2.15. The van der Waals surface area contributed by atoms with Crippen LogP contribution in [0.4, 0.5) is 11.8 Å². The van der Waals surface area contributed by atoms with Gasteiger partial charge in [0.1, 0.15) is 0 Å². The number of hydrogen-bond acceptors (Lipinski definition) is 6. The zero-order chi connectivity index (χ0) is 15.2. The molecule has 0 radical (unpaired) electrons. The molecule has 2 unspecified atom stereocenters. The smallest absolute Gasteiger partial charge is 0.245 e. The zero-order valence-corrected chi connectivity index (χ0v) is 12.7. The molecule has 0 amide bonds. The number of rotatable bonds is 6. The summed E-state index contributed by atoms with van der Waals surface area (Å²) in [6, 6.07) is 10.3. The predicted molar refractivity (Wildman–Crippen MR) is 85.8 cm³/mol. The third-order valence-corrected chi connectivity index (χ3v) is 3.74. The Morgan fingerprint density at radius 3 is 2.95 bits per heavy atom. The minimum atomic E-state index is 0.122. The number of ether oxygens (including phenoxy) is 1. The molecule has 2 atom stereocenters. The summed E-state index contributed by atoms with van der Waals surface area (Å²) >= 11 is 0. The Morgan fingerprint density at radius 1 is 1.32 bits per heavy atom. The van der Waals surface area contributed by atoms with Gasteiger partial charge in [0.15, 0.2) is 5.82 Å². The molecule has 2 N–H and O–H groups in total. The molecule has 2 aromatic rings. The Balaban J connectivity index is 1.58. The molecule has 1 saturated heterocycles. The molecule has 0 bridgehead atoms. The molecule has 1 aliphatic heterocycles. The van der Waals surface area contributed by atoms with Crippen LogP contribution < -0.4 is 10.6 Å². The van der Waals surface area contributed by atoms with Crippen LogP contribution in [-0.4, -0.2) is 34.4 Å². The van der Waals surface area contributed by atoms with Crippen molar-refractivity contribution in [3.8, 4) is 0 Å². The lowest BCUT2D eigenvalue weighted by Crippen LogP contribution is -2.19. The van der Waals surface area contributed by atoms with Gasteiger partial charge in [0.25, 0.3) is 0 Å². The maximum absolute atomic E-state index is 5.59. The van der Waals surface area contributed by atoms with E-state index >= 15 is 0 Å². The highest BCUT2D eigenvalue weighted by Crippen LogP contribution is 2.17. The highest BCUT2D eigenvalue weighted by atomic mass is 16.5. The summed E-state index contributed by atoms with van der Waals surface area (Å²) < 4.78 is 5.59. The molecule has 6 nitrogen and oxygen atoms in total. The Kier molecular flexibility index (Phi) is 4.80. The van der Waals surface area contributed by atoms with Crippen molar-refractivity contribution < 1.29 is 4.74 Å². The van der Waals surface area contributed by atoms with Gasteiger partial charge in [-0.05, 0) is 25.3 Å². The molecule has 22 heavy (non-hydrogen) atoms. The largest absolute Gasteiger partial charge is 0.376 e. The van der Waals surface area contributed by atoms with E-state index in [0.29, 0.717) is 11.8 Å². The Bertz CT molecular complexity index is 586. The first-order valence-corrected chi connectivity index (χ1v) is 7.68. The fourth-order valence-corrected chi connectivity index (χ4v) is 2.49. The Hall–Kier alpha value is -2.21. The number of aromatic nitrogens is 3. The molecule has 116 valence electrons. The lowest BCUT2D eigenvalue weighted by molar-refractivity contribution is 0.120. The third-order valence-electron chi connectivity index (χ3n) is 3.74. The van der Waals surface area contributed by atoms with Gasteiger partial charge < -0.3 is 15.4 Å². The molecule has 0 spiro atoms. The summed E-state index contributed by atoms with van der Waals surface area (Å²) in [4.78, 5) is 4.45. The lowest BCUT2D eigenvalue weighted by atomic mass is 10.1. The van der Waals surface area contributed by atoms with E-state index in [4.69, 9.17) is 4.74 Å². The second kappa shape index (κ2) is 7.17. The second-order valence-corrected chi connectivity index (χ2v) is 5.46. The minimum Gasteiger partial charge on any atom is -0.376 e. The fraction of sp³-hybridized carbons (Fsp3) is 0.438. The Labute approximate surface area is 130 Å². The van der Waals surface area contributed by atoms with Crippen molar-refractivity contribution in [2.75, 3.05) is 23.8 Å². The number of nitrogens with zero attached hydrogens (tertiary/aromatic N) is 3. The van der Waals surface area contributed by atoms with Crippen molar-refractivity contribution in [1.29, 1.82) is 0 Å². The van der Waals surface area contributed by atoms with Crippen molar-refractivity contribution >= 4 is 11.8 Å². The maximum atomic E-state index is 5.59. The quantitative estimate of drug-likeness (QED) is 0.854. The van der Waals surface area contributed by atoms with Gasteiger partial charge in [0.2, 0.25) is 5.95 Å². The highest BCUT2D eigenvalue weighted by molar-refractivity contribution is 5.38. The van der Waals surface area contributed by atoms with E-state index in [1.807, 2.05) is 18.2 Å². The van der Waals surface area contributed by atoms with E-state index in [1.165, 1.54) is 5.56 Å². The summed E-state index contributed by atoms with van der Waals surface area (Å²) in [5.74, 6) is 1.24. The van der Waals surface area contributed by atoms with Gasteiger partial charge in [0.05, 0.1) is 18.3 Å². The molecule has 6 heteroatoms. The fourth-order valence-electron chi connectivity index (χ4n) is 2.49. The topological polar surface area (TPSA) is 72.0 Å². The van der Waals surface area contributed by atoms with Crippen LogP contribution in [0.5, 0.6) is 0 Å². The minimum absolute atomic E-state index is 0.122. The summed E-state index contributed by atoms with van der Waals surface area (Å²) in [5.41, 5.74) is 1.18. The zero-order valence-electron chi connectivity index (χ0n) is 12.7. The van der Waals surface area contributed by atoms with Gasteiger partial charge in [-0.25, -0.2) is 0 Å².